The molecule has 0 radical (unpaired) electrons. The van der Waals surface area contributed by atoms with Gasteiger partial charge in [-0.2, -0.15) is 10.2 Å². The molecule has 0 saturated carbocycles. The largest absolute Gasteiger partial charge is 0.493 e. The maximum atomic E-state index is 12.2. The van der Waals surface area contributed by atoms with Crippen molar-refractivity contribution in [3.8, 4) is 22.9 Å². The van der Waals surface area contributed by atoms with Gasteiger partial charge in [-0.05, 0) is 48.9 Å². The van der Waals surface area contributed by atoms with Crippen molar-refractivity contribution in [1.29, 1.82) is 0 Å². The molecular formula is C24H27N7O3. The van der Waals surface area contributed by atoms with Gasteiger partial charge in [0.15, 0.2) is 23.9 Å². The minimum absolute atomic E-state index is 0.0702. The zero-order valence-electron chi connectivity index (χ0n) is 19.2. The van der Waals surface area contributed by atoms with Gasteiger partial charge in [-0.25, -0.2) is 4.98 Å². The summed E-state index contributed by atoms with van der Waals surface area (Å²) >= 11 is 0. The number of nitrogens with zero attached hydrogens (tertiary/aromatic N) is 4. The van der Waals surface area contributed by atoms with E-state index in [2.05, 4.69) is 38.1 Å². The highest BCUT2D eigenvalue weighted by molar-refractivity contribution is 5.79. The van der Waals surface area contributed by atoms with Crippen molar-refractivity contribution in [1.82, 2.24) is 35.6 Å². The van der Waals surface area contributed by atoms with E-state index in [1.165, 1.54) is 0 Å². The number of aryl methyl sites for hydroxylation is 1. The summed E-state index contributed by atoms with van der Waals surface area (Å²) in [5.41, 5.74) is 2.94. The Balaban J connectivity index is 1.28. The molecule has 3 heterocycles. The molecule has 34 heavy (non-hydrogen) atoms. The first kappa shape index (κ1) is 21.9. The van der Waals surface area contributed by atoms with E-state index in [9.17, 15) is 4.79 Å². The molecule has 10 nitrogen and oxygen atoms in total. The van der Waals surface area contributed by atoms with Crippen molar-refractivity contribution in [2.75, 3.05) is 26.8 Å². The van der Waals surface area contributed by atoms with Crippen LogP contribution in [0.3, 0.4) is 0 Å². The lowest BCUT2D eigenvalue weighted by molar-refractivity contribution is -0.123. The maximum absolute atomic E-state index is 12.2. The van der Waals surface area contributed by atoms with Gasteiger partial charge in [0.05, 0.1) is 18.8 Å². The number of hydrogen-bond donors (Lipinski definition) is 3. The van der Waals surface area contributed by atoms with Gasteiger partial charge in [0, 0.05) is 37.0 Å². The average molecular weight is 462 g/mol. The molecule has 1 aliphatic heterocycles. The SMILES string of the molecule is COc1cc(-c2nc(Cc3ccc4[nH]ncc4c3)n(C)n2)ccc1OCC(=O)NC1CCNC1. The standard InChI is InChI=1S/C24H27N7O3/c1-31-22(10-15-3-5-19-17(9-15)12-26-29-19)28-24(30-31)16-4-6-20(21(11-16)33-2)34-14-23(32)27-18-7-8-25-13-18/h3-6,9,11-12,18,25H,7-8,10,13-14H2,1-2H3,(H,26,29)(H,27,32). The van der Waals surface area contributed by atoms with E-state index in [0.29, 0.717) is 23.7 Å². The van der Waals surface area contributed by atoms with Crippen LogP contribution in [0.25, 0.3) is 22.3 Å². The van der Waals surface area contributed by atoms with Gasteiger partial charge in [0.1, 0.15) is 5.82 Å². The van der Waals surface area contributed by atoms with Gasteiger partial charge in [0.2, 0.25) is 0 Å². The Morgan fingerprint density at radius 1 is 1.24 bits per heavy atom. The maximum Gasteiger partial charge on any atom is 0.258 e. The molecule has 4 aromatic rings. The van der Waals surface area contributed by atoms with Gasteiger partial charge < -0.3 is 20.1 Å². The number of amides is 1. The number of nitrogens with one attached hydrogen (secondary N) is 3. The molecule has 176 valence electrons. The molecule has 1 atom stereocenters. The van der Waals surface area contributed by atoms with Crippen molar-refractivity contribution in [3.05, 3.63) is 54.0 Å². The van der Waals surface area contributed by atoms with Crippen molar-refractivity contribution in [2.24, 2.45) is 7.05 Å². The number of aromatic amines is 1. The van der Waals surface area contributed by atoms with Crippen LogP contribution >= 0.6 is 0 Å². The first-order valence-corrected chi connectivity index (χ1v) is 11.2. The molecule has 10 heteroatoms. The van der Waals surface area contributed by atoms with Gasteiger partial charge in [-0.3, -0.25) is 14.6 Å². The molecule has 1 saturated heterocycles. The third-order valence-electron chi connectivity index (χ3n) is 5.93. The zero-order valence-corrected chi connectivity index (χ0v) is 19.2. The quantitative estimate of drug-likeness (QED) is 0.366. The minimum atomic E-state index is -0.149. The Labute approximate surface area is 196 Å². The van der Waals surface area contributed by atoms with Crippen molar-refractivity contribution in [3.63, 3.8) is 0 Å². The molecule has 3 N–H and O–H groups in total. The molecule has 0 aliphatic carbocycles. The molecule has 2 aromatic carbocycles. The van der Waals surface area contributed by atoms with Gasteiger partial charge in [-0.15, -0.1) is 0 Å². The van der Waals surface area contributed by atoms with Crippen LogP contribution in [0.2, 0.25) is 0 Å². The Morgan fingerprint density at radius 3 is 2.97 bits per heavy atom. The molecule has 1 unspecified atom stereocenters. The monoisotopic (exact) mass is 461 g/mol. The number of rotatable bonds is 8. The highest BCUT2D eigenvalue weighted by atomic mass is 16.5. The second-order valence-corrected chi connectivity index (χ2v) is 8.36. The highest BCUT2D eigenvalue weighted by Crippen LogP contribution is 2.31. The van der Waals surface area contributed by atoms with Crippen LogP contribution in [0.15, 0.2) is 42.6 Å². The van der Waals surface area contributed by atoms with Crippen LogP contribution in [-0.4, -0.2) is 63.7 Å². The Kier molecular flexibility index (Phi) is 6.13. The summed E-state index contributed by atoms with van der Waals surface area (Å²) in [6, 6.07) is 11.8. The van der Waals surface area contributed by atoms with E-state index in [0.717, 1.165) is 47.4 Å². The fourth-order valence-corrected chi connectivity index (χ4v) is 4.09. The Hall–Kier alpha value is -3.92. The molecule has 1 amide bonds. The predicted octanol–water partition coefficient (Wildman–Crippen LogP) is 1.81. The summed E-state index contributed by atoms with van der Waals surface area (Å²) in [7, 11) is 3.45. The third kappa shape index (κ3) is 4.72. The molecular weight excluding hydrogens is 434 g/mol. The van der Waals surface area contributed by atoms with Crippen LogP contribution in [0.5, 0.6) is 11.5 Å². The summed E-state index contributed by atoms with van der Waals surface area (Å²) < 4.78 is 13.0. The van der Waals surface area contributed by atoms with Crippen molar-refractivity contribution in [2.45, 2.75) is 18.9 Å². The van der Waals surface area contributed by atoms with Gasteiger partial charge in [0.25, 0.3) is 5.91 Å². The van der Waals surface area contributed by atoms with Crippen LogP contribution in [0.1, 0.15) is 17.8 Å². The number of H-pyrrole nitrogens is 1. The molecule has 5 rings (SSSR count). The van der Waals surface area contributed by atoms with E-state index in [1.807, 2.05) is 31.4 Å². The predicted molar refractivity (Wildman–Crippen MR) is 127 cm³/mol. The van der Waals surface area contributed by atoms with E-state index in [4.69, 9.17) is 14.5 Å². The number of benzene rings is 2. The number of methoxy groups -OCH3 is 1. The molecule has 0 spiro atoms. The van der Waals surface area contributed by atoms with Crippen LogP contribution in [0.4, 0.5) is 0 Å². The van der Waals surface area contributed by atoms with Crippen molar-refractivity contribution < 1.29 is 14.3 Å². The molecule has 0 bridgehead atoms. The molecule has 2 aromatic heterocycles. The summed E-state index contributed by atoms with van der Waals surface area (Å²) in [5, 5.41) is 18.9. The van der Waals surface area contributed by atoms with Crippen LogP contribution in [0, 0.1) is 0 Å². The normalized spacial score (nSPS) is 15.5. The van der Waals surface area contributed by atoms with E-state index in [1.54, 1.807) is 17.9 Å². The Bertz CT molecular complexity index is 1310. The molecule has 1 fully saturated rings. The number of fused-ring (bicyclic) bond motifs is 1. The molecule has 1 aliphatic rings. The number of ether oxygens (including phenoxy) is 2. The minimum Gasteiger partial charge on any atom is -0.493 e. The number of carbonyl (C=O) groups is 1. The lowest BCUT2D eigenvalue weighted by atomic mass is 10.1. The van der Waals surface area contributed by atoms with E-state index >= 15 is 0 Å². The second-order valence-electron chi connectivity index (χ2n) is 8.36. The third-order valence-corrected chi connectivity index (χ3v) is 5.93. The number of aromatic nitrogens is 5. The zero-order chi connectivity index (χ0) is 23.5. The average Bonchev–Trinajstić information content (AvgIpc) is 3.59. The summed E-state index contributed by atoms with van der Waals surface area (Å²) in [4.78, 5) is 16.9. The first-order chi connectivity index (χ1) is 16.6. The highest BCUT2D eigenvalue weighted by Gasteiger charge is 2.18. The number of carbonyl (C=O) groups excluding carboxylic acids is 1. The van der Waals surface area contributed by atoms with E-state index in [-0.39, 0.29) is 18.6 Å². The smallest absolute Gasteiger partial charge is 0.258 e. The van der Waals surface area contributed by atoms with Crippen LogP contribution in [-0.2, 0) is 18.3 Å². The fraction of sp³-hybridized carbons (Fsp3) is 0.333. The van der Waals surface area contributed by atoms with Crippen LogP contribution < -0.4 is 20.1 Å². The summed E-state index contributed by atoms with van der Waals surface area (Å²) in [6.07, 6.45) is 3.39. The second kappa shape index (κ2) is 9.52. The summed E-state index contributed by atoms with van der Waals surface area (Å²) in [5.74, 6) is 2.31. The van der Waals surface area contributed by atoms with Crippen molar-refractivity contribution >= 4 is 16.8 Å². The number of hydrogen-bond acceptors (Lipinski definition) is 7. The topological polar surface area (TPSA) is 119 Å². The van der Waals surface area contributed by atoms with Gasteiger partial charge >= 0.3 is 0 Å². The fourth-order valence-electron chi connectivity index (χ4n) is 4.09. The lowest BCUT2D eigenvalue weighted by Gasteiger charge is -2.14. The lowest BCUT2D eigenvalue weighted by Crippen LogP contribution is -2.39. The van der Waals surface area contributed by atoms with E-state index < -0.39 is 0 Å². The van der Waals surface area contributed by atoms with Gasteiger partial charge in [-0.1, -0.05) is 6.07 Å². The Morgan fingerprint density at radius 2 is 2.15 bits per heavy atom. The first-order valence-electron chi connectivity index (χ1n) is 11.2. The summed E-state index contributed by atoms with van der Waals surface area (Å²) in [6.45, 7) is 1.64.